The highest BCUT2D eigenvalue weighted by Crippen LogP contribution is 2.01. The van der Waals surface area contributed by atoms with Gasteiger partial charge in [-0.1, -0.05) is 68.4 Å². The van der Waals surface area contributed by atoms with Crippen molar-refractivity contribution in [3.05, 3.63) is 48.6 Å². The Kier molecular flexibility index (Phi) is 17.9. The molecule has 21 heavy (non-hydrogen) atoms. The predicted octanol–water partition coefficient (Wildman–Crippen LogP) is 6.12. The maximum atomic E-state index is 8.65. The Labute approximate surface area is 132 Å². The summed E-state index contributed by atoms with van der Waals surface area (Å²) in [5.41, 5.74) is 0. The van der Waals surface area contributed by atoms with Crippen molar-refractivity contribution in [2.24, 2.45) is 0 Å². The van der Waals surface area contributed by atoms with Crippen molar-refractivity contribution in [2.75, 3.05) is 6.61 Å². The van der Waals surface area contributed by atoms with E-state index in [9.17, 15) is 0 Å². The summed E-state index contributed by atoms with van der Waals surface area (Å²) in [6.45, 7) is 2.56. The van der Waals surface area contributed by atoms with Crippen molar-refractivity contribution in [2.45, 2.75) is 71.1 Å². The Morgan fingerprint density at radius 3 is 1.43 bits per heavy atom. The number of rotatable bonds is 14. The molecule has 0 atom stereocenters. The van der Waals surface area contributed by atoms with E-state index in [0.717, 1.165) is 38.5 Å². The fourth-order valence-corrected chi connectivity index (χ4v) is 1.93. The molecule has 0 aromatic carbocycles. The van der Waals surface area contributed by atoms with E-state index in [4.69, 9.17) is 5.11 Å². The molecule has 0 rings (SSSR count). The number of allylic oxidation sites excluding steroid dienone is 8. The molecule has 1 nitrogen and oxygen atoms in total. The number of aliphatic hydroxyl groups excluding tert-OH is 1. The molecule has 0 heterocycles. The van der Waals surface area contributed by atoms with E-state index in [1.165, 1.54) is 25.7 Å². The summed E-state index contributed by atoms with van der Waals surface area (Å²) in [5.74, 6) is 0. The molecule has 1 N–H and O–H groups in total. The van der Waals surface area contributed by atoms with E-state index < -0.39 is 0 Å². The Morgan fingerprint density at radius 2 is 1.00 bits per heavy atom. The molecule has 0 unspecified atom stereocenters. The molecule has 0 aliphatic carbocycles. The molecule has 0 radical (unpaired) electrons. The first-order valence-electron chi connectivity index (χ1n) is 8.62. The number of hydrogen-bond acceptors (Lipinski definition) is 1. The van der Waals surface area contributed by atoms with Gasteiger partial charge in [-0.3, -0.25) is 0 Å². The van der Waals surface area contributed by atoms with Gasteiger partial charge in [0.15, 0.2) is 0 Å². The summed E-state index contributed by atoms with van der Waals surface area (Å²) < 4.78 is 0. The molecule has 0 bridgehead atoms. The highest BCUT2D eigenvalue weighted by Gasteiger charge is 1.82. The smallest absolute Gasteiger partial charge is 0.0431 e. The van der Waals surface area contributed by atoms with Crippen molar-refractivity contribution < 1.29 is 5.11 Å². The van der Waals surface area contributed by atoms with E-state index in [2.05, 4.69) is 55.5 Å². The lowest BCUT2D eigenvalue weighted by Gasteiger charge is -1.91. The normalized spacial score (nSPS) is 12.7. The minimum absolute atomic E-state index is 0.313. The van der Waals surface area contributed by atoms with Crippen LogP contribution in [-0.4, -0.2) is 11.7 Å². The van der Waals surface area contributed by atoms with Crippen LogP contribution in [0.25, 0.3) is 0 Å². The number of hydrogen-bond donors (Lipinski definition) is 1. The summed E-state index contributed by atoms with van der Waals surface area (Å²) >= 11 is 0. The average molecular weight is 290 g/mol. The highest BCUT2D eigenvalue weighted by atomic mass is 16.2. The van der Waals surface area contributed by atoms with E-state index in [1.807, 2.05) is 0 Å². The van der Waals surface area contributed by atoms with Gasteiger partial charge in [-0.25, -0.2) is 0 Å². The molecule has 0 amide bonds. The zero-order valence-electron chi connectivity index (χ0n) is 13.8. The molecule has 0 fully saturated rings. The SMILES string of the molecule is CCCCC/C=C\C/C=C\C/C=C\C/C=C\CCCCO. The zero-order valence-corrected chi connectivity index (χ0v) is 13.8. The first-order chi connectivity index (χ1) is 10.4. The van der Waals surface area contributed by atoms with Crippen molar-refractivity contribution >= 4 is 0 Å². The number of aliphatic hydroxyl groups is 1. The van der Waals surface area contributed by atoms with Crippen molar-refractivity contribution in [3.63, 3.8) is 0 Å². The van der Waals surface area contributed by atoms with E-state index >= 15 is 0 Å². The van der Waals surface area contributed by atoms with Gasteiger partial charge in [0.1, 0.15) is 0 Å². The van der Waals surface area contributed by atoms with Crippen LogP contribution in [0.2, 0.25) is 0 Å². The Bertz CT molecular complexity index is 267. The largest absolute Gasteiger partial charge is 0.396 e. The van der Waals surface area contributed by atoms with Gasteiger partial charge in [-0.15, -0.1) is 0 Å². The molecule has 1 heteroatoms. The standard InChI is InChI=1S/C20H34O/c1-2-3-4-5-6-7-8-9-10-11-12-13-14-15-16-17-18-19-20-21/h6-7,9-10,12-13,15-16,21H,2-5,8,11,14,17-20H2,1H3/b7-6-,10-9-,13-12-,16-15-. The van der Waals surface area contributed by atoms with Crippen LogP contribution in [-0.2, 0) is 0 Å². The molecule has 0 saturated heterocycles. The van der Waals surface area contributed by atoms with E-state index in [0.29, 0.717) is 6.61 Å². The first kappa shape index (κ1) is 19.9. The van der Waals surface area contributed by atoms with Crippen LogP contribution in [0.3, 0.4) is 0 Å². The third-order valence-corrected chi connectivity index (χ3v) is 3.24. The molecule has 0 aromatic heterocycles. The van der Waals surface area contributed by atoms with Crippen molar-refractivity contribution in [3.8, 4) is 0 Å². The van der Waals surface area contributed by atoms with Crippen LogP contribution in [0.5, 0.6) is 0 Å². The molecule has 0 aliphatic rings. The van der Waals surface area contributed by atoms with Gasteiger partial charge in [-0.05, 0) is 51.4 Å². The summed E-state index contributed by atoms with van der Waals surface area (Å²) in [4.78, 5) is 0. The molecule has 0 spiro atoms. The maximum absolute atomic E-state index is 8.65. The topological polar surface area (TPSA) is 20.2 Å². The average Bonchev–Trinajstić information content (AvgIpc) is 2.50. The third-order valence-electron chi connectivity index (χ3n) is 3.24. The van der Waals surface area contributed by atoms with Crippen molar-refractivity contribution in [1.29, 1.82) is 0 Å². The lowest BCUT2D eigenvalue weighted by atomic mass is 10.2. The Hall–Kier alpha value is -1.08. The lowest BCUT2D eigenvalue weighted by Crippen LogP contribution is -1.79. The number of unbranched alkanes of at least 4 members (excludes halogenated alkanes) is 5. The monoisotopic (exact) mass is 290 g/mol. The van der Waals surface area contributed by atoms with Crippen molar-refractivity contribution in [1.82, 2.24) is 0 Å². The van der Waals surface area contributed by atoms with Crippen LogP contribution in [0, 0.1) is 0 Å². The fraction of sp³-hybridized carbons (Fsp3) is 0.600. The Balaban J connectivity index is 3.35. The summed E-state index contributed by atoms with van der Waals surface area (Å²) in [7, 11) is 0. The fourth-order valence-electron chi connectivity index (χ4n) is 1.93. The first-order valence-corrected chi connectivity index (χ1v) is 8.62. The van der Waals surface area contributed by atoms with Crippen LogP contribution in [0.15, 0.2) is 48.6 Å². The molecule has 120 valence electrons. The molecular formula is C20H34O. The molecule has 0 aromatic rings. The molecule has 0 aliphatic heterocycles. The quantitative estimate of drug-likeness (QED) is 0.301. The van der Waals surface area contributed by atoms with Crippen LogP contribution >= 0.6 is 0 Å². The van der Waals surface area contributed by atoms with Gasteiger partial charge >= 0.3 is 0 Å². The lowest BCUT2D eigenvalue weighted by molar-refractivity contribution is 0.285. The predicted molar refractivity (Wildman–Crippen MR) is 95.5 cm³/mol. The van der Waals surface area contributed by atoms with E-state index in [1.54, 1.807) is 0 Å². The summed E-state index contributed by atoms with van der Waals surface area (Å²) in [6, 6.07) is 0. The van der Waals surface area contributed by atoms with Gasteiger partial charge in [0, 0.05) is 6.61 Å². The van der Waals surface area contributed by atoms with Gasteiger partial charge in [0.05, 0.1) is 0 Å². The maximum Gasteiger partial charge on any atom is 0.0431 e. The molecular weight excluding hydrogens is 256 g/mol. The highest BCUT2D eigenvalue weighted by molar-refractivity contribution is 4.99. The molecule has 0 saturated carbocycles. The Morgan fingerprint density at radius 1 is 0.571 bits per heavy atom. The zero-order chi connectivity index (χ0) is 15.4. The second-order valence-electron chi connectivity index (χ2n) is 5.31. The van der Waals surface area contributed by atoms with Crippen LogP contribution < -0.4 is 0 Å². The van der Waals surface area contributed by atoms with Gasteiger partial charge in [0.2, 0.25) is 0 Å². The minimum atomic E-state index is 0.313. The minimum Gasteiger partial charge on any atom is -0.396 e. The summed E-state index contributed by atoms with van der Waals surface area (Å²) in [5, 5.41) is 8.65. The second kappa shape index (κ2) is 18.9. The van der Waals surface area contributed by atoms with E-state index in [-0.39, 0.29) is 0 Å². The third kappa shape index (κ3) is 18.9. The van der Waals surface area contributed by atoms with Crippen LogP contribution in [0.1, 0.15) is 71.1 Å². The summed E-state index contributed by atoms with van der Waals surface area (Å²) in [6.07, 6.45) is 29.3. The second-order valence-corrected chi connectivity index (χ2v) is 5.31. The van der Waals surface area contributed by atoms with Gasteiger partial charge < -0.3 is 5.11 Å². The van der Waals surface area contributed by atoms with Gasteiger partial charge in [-0.2, -0.15) is 0 Å². The van der Waals surface area contributed by atoms with Crippen LogP contribution in [0.4, 0.5) is 0 Å². The van der Waals surface area contributed by atoms with Gasteiger partial charge in [0.25, 0.3) is 0 Å².